The van der Waals surface area contributed by atoms with Gasteiger partial charge in [0.2, 0.25) is 0 Å². The zero-order chi connectivity index (χ0) is 17.7. The van der Waals surface area contributed by atoms with Crippen LogP contribution in [0.1, 0.15) is 23.2 Å². The number of benzene rings is 1. The molecule has 1 fully saturated rings. The quantitative estimate of drug-likeness (QED) is 0.836. The highest BCUT2D eigenvalue weighted by molar-refractivity contribution is 5.94. The van der Waals surface area contributed by atoms with Crippen molar-refractivity contribution in [3.8, 4) is 5.75 Å². The number of aliphatic hydroxyl groups is 1. The molecule has 1 aliphatic rings. The Bertz CT molecular complexity index is 563. The normalized spacial score (nSPS) is 17.4. The molecule has 0 spiro atoms. The first-order chi connectivity index (χ1) is 11.3. The summed E-state index contributed by atoms with van der Waals surface area (Å²) in [6.07, 6.45) is -5.06. The van der Waals surface area contributed by atoms with Crippen LogP contribution in [0.3, 0.4) is 0 Å². The Hall–Kier alpha value is -2.02. The van der Waals surface area contributed by atoms with E-state index >= 15 is 0 Å². The molecule has 0 aromatic heterocycles. The second kappa shape index (κ2) is 7.70. The lowest BCUT2D eigenvalue weighted by atomic mass is 9.90. The third-order valence-corrected chi connectivity index (χ3v) is 4.08. The highest BCUT2D eigenvalue weighted by Gasteiger charge is 2.44. The monoisotopic (exact) mass is 343 g/mol. The van der Waals surface area contributed by atoms with E-state index in [0.29, 0.717) is 17.9 Å². The third kappa shape index (κ3) is 4.50. The van der Waals surface area contributed by atoms with Gasteiger partial charge in [0, 0.05) is 18.7 Å². The van der Waals surface area contributed by atoms with Gasteiger partial charge in [0.15, 0.2) is 6.10 Å². The van der Waals surface area contributed by atoms with Crippen molar-refractivity contribution in [3.05, 3.63) is 42.5 Å². The van der Waals surface area contributed by atoms with Crippen molar-refractivity contribution in [1.82, 2.24) is 4.90 Å². The van der Waals surface area contributed by atoms with Crippen molar-refractivity contribution in [2.24, 2.45) is 5.92 Å². The molecule has 1 saturated heterocycles. The number of piperidine rings is 1. The van der Waals surface area contributed by atoms with Crippen molar-refractivity contribution in [2.75, 3.05) is 19.7 Å². The van der Waals surface area contributed by atoms with Crippen LogP contribution < -0.4 is 4.74 Å². The lowest BCUT2D eigenvalue weighted by Crippen LogP contribution is -2.45. The molecule has 24 heavy (non-hydrogen) atoms. The summed E-state index contributed by atoms with van der Waals surface area (Å²) >= 11 is 0. The van der Waals surface area contributed by atoms with Crippen molar-refractivity contribution < 1.29 is 27.8 Å². The van der Waals surface area contributed by atoms with Gasteiger partial charge >= 0.3 is 6.18 Å². The molecule has 1 aliphatic heterocycles. The minimum absolute atomic E-state index is 0.132. The standard InChI is InChI=1S/C17H20F3NO3/c1-2-11-24-14-5-3-13(4-6-14)16(23)21-9-7-12(8-10-21)15(22)17(18,19)20/h2-6,12,15,22H,1,7-11H2. The van der Waals surface area contributed by atoms with E-state index in [2.05, 4.69) is 6.58 Å². The Morgan fingerprint density at radius 1 is 1.33 bits per heavy atom. The number of carbonyl (C=O) groups excluding carboxylic acids is 1. The summed E-state index contributed by atoms with van der Waals surface area (Å²) in [7, 11) is 0. The fraction of sp³-hybridized carbons (Fsp3) is 0.471. The third-order valence-electron chi connectivity index (χ3n) is 4.08. The number of rotatable bonds is 5. The molecule has 7 heteroatoms. The Morgan fingerprint density at radius 2 is 1.92 bits per heavy atom. The molecule has 4 nitrogen and oxygen atoms in total. The molecule has 1 atom stereocenters. The molecule has 1 aromatic rings. The molecule has 1 N–H and O–H groups in total. The van der Waals surface area contributed by atoms with Crippen LogP contribution in [0.5, 0.6) is 5.75 Å². The van der Waals surface area contributed by atoms with Crippen LogP contribution >= 0.6 is 0 Å². The lowest BCUT2D eigenvalue weighted by Gasteiger charge is -2.34. The number of hydrogen-bond acceptors (Lipinski definition) is 3. The van der Waals surface area contributed by atoms with Gasteiger partial charge < -0.3 is 14.7 Å². The molecule has 1 unspecified atom stereocenters. The average Bonchev–Trinajstić information content (AvgIpc) is 2.58. The van der Waals surface area contributed by atoms with Crippen LogP contribution in [0, 0.1) is 5.92 Å². The Kier molecular flexibility index (Phi) is 5.88. The minimum Gasteiger partial charge on any atom is -0.490 e. The van der Waals surface area contributed by atoms with Crippen LogP contribution in [0.25, 0.3) is 0 Å². The summed E-state index contributed by atoms with van der Waals surface area (Å²) in [5, 5.41) is 9.30. The zero-order valence-electron chi connectivity index (χ0n) is 13.1. The number of carbonyl (C=O) groups is 1. The van der Waals surface area contributed by atoms with E-state index in [0.717, 1.165) is 0 Å². The van der Waals surface area contributed by atoms with Crippen molar-refractivity contribution in [3.63, 3.8) is 0 Å². The molecule has 0 saturated carbocycles. The van der Waals surface area contributed by atoms with Crippen LogP contribution in [0.15, 0.2) is 36.9 Å². The van der Waals surface area contributed by atoms with E-state index in [1.807, 2.05) is 0 Å². The van der Waals surface area contributed by atoms with Crippen molar-refractivity contribution in [1.29, 1.82) is 0 Å². The topological polar surface area (TPSA) is 49.8 Å². The first kappa shape index (κ1) is 18.3. The van der Waals surface area contributed by atoms with Crippen LogP contribution in [0.4, 0.5) is 13.2 Å². The van der Waals surface area contributed by atoms with Gasteiger partial charge in [-0.25, -0.2) is 0 Å². The summed E-state index contributed by atoms with van der Waals surface area (Å²) in [6.45, 7) is 4.31. The number of alkyl halides is 3. The summed E-state index contributed by atoms with van der Waals surface area (Å²) in [5.74, 6) is -0.479. The van der Waals surface area contributed by atoms with Crippen molar-refractivity contribution >= 4 is 5.91 Å². The van der Waals surface area contributed by atoms with E-state index in [-0.39, 0.29) is 31.8 Å². The Balaban J connectivity index is 1.91. The molecule has 0 bridgehead atoms. The predicted molar refractivity (Wildman–Crippen MR) is 82.8 cm³/mol. The first-order valence-electron chi connectivity index (χ1n) is 7.70. The maximum Gasteiger partial charge on any atom is 0.414 e. The lowest BCUT2D eigenvalue weighted by molar-refractivity contribution is -0.222. The van der Waals surface area contributed by atoms with Gasteiger partial charge in [-0.3, -0.25) is 4.79 Å². The highest BCUT2D eigenvalue weighted by Crippen LogP contribution is 2.32. The van der Waals surface area contributed by atoms with Crippen molar-refractivity contribution in [2.45, 2.75) is 25.1 Å². The van der Waals surface area contributed by atoms with E-state index < -0.39 is 18.2 Å². The Labute approximate surface area is 138 Å². The molecule has 1 amide bonds. The predicted octanol–water partition coefficient (Wildman–Crippen LogP) is 3.03. The number of halogens is 3. The maximum absolute atomic E-state index is 12.5. The summed E-state index contributed by atoms with van der Waals surface area (Å²) < 4.78 is 42.9. The van der Waals surface area contributed by atoms with E-state index in [4.69, 9.17) is 4.74 Å². The van der Waals surface area contributed by atoms with E-state index in [1.54, 1.807) is 30.3 Å². The van der Waals surface area contributed by atoms with Crippen LogP contribution in [0.2, 0.25) is 0 Å². The molecule has 2 rings (SSSR count). The fourth-order valence-electron chi connectivity index (χ4n) is 2.72. The summed E-state index contributed by atoms with van der Waals surface area (Å²) in [6, 6.07) is 6.57. The van der Waals surface area contributed by atoms with Gasteiger partial charge in [0.05, 0.1) is 0 Å². The molecule has 1 heterocycles. The maximum atomic E-state index is 12.5. The van der Waals surface area contributed by atoms with Gasteiger partial charge in [0.1, 0.15) is 12.4 Å². The smallest absolute Gasteiger partial charge is 0.414 e. The van der Waals surface area contributed by atoms with Gasteiger partial charge in [-0.15, -0.1) is 0 Å². The largest absolute Gasteiger partial charge is 0.490 e. The molecule has 0 radical (unpaired) electrons. The number of aliphatic hydroxyl groups excluding tert-OH is 1. The molecule has 0 aliphatic carbocycles. The number of amides is 1. The van der Waals surface area contributed by atoms with Gasteiger partial charge in [-0.2, -0.15) is 13.2 Å². The van der Waals surface area contributed by atoms with E-state index in [9.17, 15) is 23.1 Å². The van der Waals surface area contributed by atoms with Crippen LogP contribution in [-0.4, -0.2) is 47.9 Å². The highest BCUT2D eigenvalue weighted by atomic mass is 19.4. The van der Waals surface area contributed by atoms with E-state index in [1.165, 1.54) is 4.90 Å². The molecule has 1 aromatic carbocycles. The fourth-order valence-corrected chi connectivity index (χ4v) is 2.72. The zero-order valence-corrected chi connectivity index (χ0v) is 13.1. The molecule has 132 valence electrons. The average molecular weight is 343 g/mol. The summed E-state index contributed by atoms with van der Waals surface area (Å²) in [5.41, 5.74) is 0.454. The second-order valence-electron chi connectivity index (χ2n) is 5.74. The number of hydrogen-bond donors (Lipinski definition) is 1. The number of likely N-dealkylation sites (tertiary alicyclic amines) is 1. The summed E-state index contributed by atoms with van der Waals surface area (Å²) in [4.78, 5) is 13.9. The first-order valence-corrected chi connectivity index (χ1v) is 7.70. The Morgan fingerprint density at radius 3 is 2.42 bits per heavy atom. The van der Waals surface area contributed by atoms with Gasteiger partial charge in [0.25, 0.3) is 5.91 Å². The molecular weight excluding hydrogens is 323 g/mol. The number of nitrogens with zero attached hydrogens (tertiary/aromatic N) is 1. The van der Waals surface area contributed by atoms with Crippen LogP contribution in [-0.2, 0) is 0 Å². The SMILES string of the molecule is C=CCOc1ccc(C(=O)N2CCC(C(O)C(F)(F)F)CC2)cc1. The molecular formula is C17H20F3NO3. The minimum atomic E-state index is -4.61. The van der Waals surface area contributed by atoms with Gasteiger partial charge in [-0.1, -0.05) is 12.7 Å². The van der Waals surface area contributed by atoms with Gasteiger partial charge in [-0.05, 0) is 43.0 Å². The number of ether oxygens (including phenoxy) is 1. The second-order valence-corrected chi connectivity index (χ2v) is 5.74.